The molecule has 0 bridgehead atoms. The Hall–Kier alpha value is -4.96. The Balaban J connectivity index is 1.54. The van der Waals surface area contributed by atoms with Gasteiger partial charge in [0.15, 0.2) is 0 Å². The van der Waals surface area contributed by atoms with Crippen LogP contribution in [0, 0.1) is 0 Å². The lowest BCUT2D eigenvalue weighted by atomic mass is 9.88. The van der Waals surface area contributed by atoms with Crippen LogP contribution in [0.3, 0.4) is 0 Å². The molecule has 0 aliphatic heterocycles. The van der Waals surface area contributed by atoms with Crippen LogP contribution in [0.4, 0.5) is 0 Å². The minimum atomic E-state index is 0.301. The highest BCUT2D eigenvalue weighted by Gasteiger charge is 2.25. The molecule has 3 heterocycles. The standard InChI is InChI=1S/C38H33N3O/c1-24(2)30-21-29(26-10-6-5-7-11-26)22-31(25(3)4)37(30)41-35-13-9-8-12-34(35)40-38(41)33-23-42-36-15-14-28(20-32(33)36)27-16-18-39-19-17-27/h5-25H,1-4H3. The van der Waals surface area contributed by atoms with Gasteiger partial charge in [0.05, 0.1) is 22.3 Å². The van der Waals surface area contributed by atoms with Crippen molar-refractivity contribution in [2.45, 2.75) is 39.5 Å². The van der Waals surface area contributed by atoms with Crippen LogP contribution in [0.5, 0.6) is 0 Å². The van der Waals surface area contributed by atoms with E-state index in [0.29, 0.717) is 11.8 Å². The summed E-state index contributed by atoms with van der Waals surface area (Å²) in [4.78, 5) is 9.45. The van der Waals surface area contributed by atoms with E-state index in [-0.39, 0.29) is 0 Å². The van der Waals surface area contributed by atoms with Crippen LogP contribution in [0.25, 0.3) is 61.3 Å². The monoisotopic (exact) mass is 547 g/mol. The van der Waals surface area contributed by atoms with Gasteiger partial charge in [0, 0.05) is 17.8 Å². The van der Waals surface area contributed by atoms with Crippen molar-refractivity contribution in [1.82, 2.24) is 14.5 Å². The minimum Gasteiger partial charge on any atom is -0.464 e. The second-order valence-electron chi connectivity index (χ2n) is 11.5. The Morgan fingerprint density at radius 1 is 0.643 bits per heavy atom. The van der Waals surface area contributed by atoms with E-state index in [2.05, 4.69) is 122 Å². The maximum absolute atomic E-state index is 6.15. The molecule has 4 heteroatoms. The van der Waals surface area contributed by atoms with Crippen molar-refractivity contribution in [2.24, 2.45) is 0 Å². The third-order valence-corrected chi connectivity index (χ3v) is 8.13. The molecule has 3 aromatic heterocycles. The Morgan fingerprint density at radius 2 is 1.31 bits per heavy atom. The third-order valence-electron chi connectivity index (χ3n) is 8.13. The van der Waals surface area contributed by atoms with Gasteiger partial charge in [-0.05, 0) is 93.7 Å². The van der Waals surface area contributed by atoms with Gasteiger partial charge in [0.25, 0.3) is 0 Å². The van der Waals surface area contributed by atoms with Gasteiger partial charge in [-0.25, -0.2) is 4.98 Å². The Bertz CT molecular complexity index is 2000. The number of aromatic nitrogens is 3. The first kappa shape index (κ1) is 26.0. The highest BCUT2D eigenvalue weighted by Crippen LogP contribution is 2.42. The molecule has 4 aromatic carbocycles. The van der Waals surface area contributed by atoms with E-state index in [1.54, 1.807) is 0 Å². The Labute approximate surface area is 246 Å². The van der Waals surface area contributed by atoms with E-state index in [0.717, 1.165) is 44.5 Å². The highest BCUT2D eigenvalue weighted by molar-refractivity contribution is 5.97. The lowest BCUT2D eigenvalue weighted by Gasteiger charge is -2.24. The minimum absolute atomic E-state index is 0.301. The van der Waals surface area contributed by atoms with Gasteiger partial charge >= 0.3 is 0 Å². The van der Waals surface area contributed by atoms with Gasteiger partial charge in [0.1, 0.15) is 17.7 Å². The summed E-state index contributed by atoms with van der Waals surface area (Å²) in [5.74, 6) is 1.49. The molecule has 0 spiro atoms. The normalized spacial score (nSPS) is 11.8. The van der Waals surface area contributed by atoms with Crippen molar-refractivity contribution in [3.05, 3.63) is 127 Å². The number of nitrogens with zero attached hydrogens (tertiary/aromatic N) is 3. The SMILES string of the molecule is CC(C)c1cc(-c2ccccc2)cc(C(C)C)c1-n1c(-c2coc3ccc(-c4ccncc4)cc23)nc2ccccc21. The van der Waals surface area contributed by atoms with Gasteiger partial charge < -0.3 is 4.42 Å². The van der Waals surface area contributed by atoms with Crippen LogP contribution in [-0.2, 0) is 0 Å². The zero-order chi connectivity index (χ0) is 28.8. The molecule has 7 aromatic rings. The predicted molar refractivity (Wildman–Crippen MR) is 173 cm³/mol. The number of pyridine rings is 1. The van der Waals surface area contributed by atoms with E-state index in [1.165, 1.54) is 27.9 Å². The molecule has 206 valence electrons. The summed E-state index contributed by atoms with van der Waals surface area (Å²) in [6.45, 7) is 9.13. The molecular weight excluding hydrogens is 514 g/mol. The van der Waals surface area contributed by atoms with Crippen molar-refractivity contribution in [3.8, 4) is 39.3 Å². The lowest BCUT2D eigenvalue weighted by molar-refractivity contribution is 0.616. The van der Waals surface area contributed by atoms with Crippen LogP contribution >= 0.6 is 0 Å². The number of hydrogen-bond donors (Lipinski definition) is 0. The number of furan rings is 1. The highest BCUT2D eigenvalue weighted by atomic mass is 16.3. The second kappa shape index (κ2) is 10.5. The molecule has 0 saturated carbocycles. The molecule has 42 heavy (non-hydrogen) atoms. The van der Waals surface area contributed by atoms with E-state index >= 15 is 0 Å². The summed E-state index contributed by atoms with van der Waals surface area (Å²) >= 11 is 0. The Morgan fingerprint density at radius 3 is 2.02 bits per heavy atom. The predicted octanol–water partition coefficient (Wildman–Crippen LogP) is 10.4. The average Bonchev–Trinajstić information content (AvgIpc) is 3.62. The maximum atomic E-state index is 6.15. The van der Waals surface area contributed by atoms with Gasteiger partial charge in [0.2, 0.25) is 0 Å². The van der Waals surface area contributed by atoms with Gasteiger partial charge in [-0.1, -0.05) is 76.2 Å². The van der Waals surface area contributed by atoms with Crippen molar-refractivity contribution in [3.63, 3.8) is 0 Å². The lowest BCUT2D eigenvalue weighted by Crippen LogP contribution is -2.09. The summed E-state index contributed by atoms with van der Waals surface area (Å²) in [5.41, 5.74) is 12.4. The fourth-order valence-corrected chi connectivity index (χ4v) is 5.98. The van der Waals surface area contributed by atoms with E-state index < -0.39 is 0 Å². The molecule has 0 amide bonds. The largest absolute Gasteiger partial charge is 0.464 e. The third kappa shape index (κ3) is 4.40. The molecule has 0 fully saturated rings. The first-order valence-corrected chi connectivity index (χ1v) is 14.6. The van der Waals surface area contributed by atoms with Crippen LogP contribution in [0.1, 0.15) is 50.7 Å². The summed E-state index contributed by atoms with van der Waals surface area (Å²) in [5, 5.41) is 1.04. The van der Waals surface area contributed by atoms with E-state index in [4.69, 9.17) is 9.40 Å². The van der Waals surface area contributed by atoms with E-state index in [1.807, 2.05) is 30.8 Å². The zero-order valence-corrected chi connectivity index (χ0v) is 24.4. The topological polar surface area (TPSA) is 43.9 Å². The van der Waals surface area contributed by atoms with Crippen LogP contribution < -0.4 is 0 Å². The quantitative estimate of drug-likeness (QED) is 0.208. The molecule has 0 aliphatic carbocycles. The maximum Gasteiger partial charge on any atom is 0.149 e. The number of rotatable bonds is 6. The molecule has 0 atom stereocenters. The molecular formula is C38H33N3O. The molecule has 0 unspecified atom stereocenters. The number of fused-ring (bicyclic) bond motifs is 2. The number of imidazole rings is 1. The molecule has 0 N–H and O–H groups in total. The molecule has 7 rings (SSSR count). The molecule has 0 aliphatic rings. The summed E-state index contributed by atoms with van der Waals surface area (Å²) in [7, 11) is 0. The zero-order valence-electron chi connectivity index (χ0n) is 24.4. The second-order valence-corrected chi connectivity index (χ2v) is 11.5. The number of para-hydroxylation sites is 2. The van der Waals surface area contributed by atoms with Gasteiger partial charge in [-0.3, -0.25) is 9.55 Å². The summed E-state index contributed by atoms with van der Waals surface area (Å²) in [6.07, 6.45) is 5.52. The average molecular weight is 548 g/mol. The van der Waals surface area contributed by atoms with E-state index in [9.17, 15) is 0 Å². The fraction of sp³-hybridized carbons (Fsp3) is 0.158. The Kier molecular flexibility index (Phi) is 6.47. The smallest absolute Gasteiger partial charge is 0.149 e. The van der Waals surface area contributed by atoms with Crippen molar-refractivity contribution in [2.75, 3.05) is 0 Å². The number of benzene rings is 4. The van der Waals surface area contributed by atoms with Crippen LogP contribution in [-0.4, -0.2) is 14.5 Å². The fourth-order valence-electron chi connectivity index (χ4n) is 5.98. The molecule has 4 nitrogen and oxygen atoms in total. The van der Waals surface area contributed by atoms with Crippen molar-refractivity contribution in [1.29, 1.82) is 0 Å². The van der Waals surface area contributed by atoms with Gasteiger partial charge in [-0.2, -0.15) is 0 Å². The summed E-state index contributed by atoms with van der Waals surface area (Å²) < 4.78 is 8.52. The first-order valence-electron chi connectivity index (χ1n) is 14.6. The molecule has 0 radical (unpaired) electrons. The number of hydrogen-bond acceptors (Lipinski definition) is 3. The molecule has 0 saturated heterocycles. The summed E-state index contributed by atoms with van der Waals surface area (Å²) in [6, 6.07) is 34.3. The van der Waals surface area contributed by atoms with Crippen molar-refractivity contribution < 1.29 is 4.42 Å². The van der Waals surface area contributed by atoms with Crippen LogP contribution in [0.2, 0.25) is 0 Å². The van der Waals surface area contributed by atoms with Gasteiger partial charge in [-0.15, -0.1) is 0 Å². The van der Waals surface area contributed by atoms with Crippen molar-refractivity contribution >= 4 is 22.0 Å². The van der Waals surface area contributed by atoms with Crippen LogP contribution in [0.15, 0.2) is 120 Å². The first-order chi connectivity index (χ1) is 20.5.